The van der Waals surface area contributed by atoms with E-state index in [0.29, 0.717) is 5.82 Å². The number of rotatable bonds is 6. The van der Waals surface area contributed by atoms with Crippen molar-refractivity contribution in [1.29, 1.82) is 0 Å². The van der Waals surface area contributed by atoms with Crippen molar-refractivity contribution >= 4 is 11.6 Å². The van der Waals surface area contributed by atoms with Crippen LogP contribution in [0.25, 0.3) is 0 Å². The highest BCUT2D eigenvalue weighted by Gasteiger charge is 2.19. The molecule has 0 spiro atoms. The highest BCUT2D eigenvalue weighted by atomic mass is 15.3. The second-order valence-electron chi connectivity index (χ2n) is 7.08. The molecule has 0 radical (unpaired) electrons. The fourth-order valence-electron chi connectivity index (χ4n) is 2.85. The van der Waals surface area contributed by atoms with Gasteiger partial charge >= 0.3 is 0 Å². The third kappa shape index (κ3) is 4.84. The standard InChI is InChI=1S/C16H29N5/c1-16(2,3)15-19-13(11-14(20-15)21-17)18-10-6-9-12-7-4-5-8-12/h11-12H,4-10,17H2,1-3H3,(H2,18,19,20,21). The number of aromatic nitrogens is 2. The van der Waals surface area contributed by atoms with E-state index in [9.17, 15) is 0 Å². The van der Waals surface area contributed by atoms with E-state index in [0.717, 1.165) is 24.1 Å². The number of nitrogens with zero attached hydrogens (tertiary/aromatic N) is 2. The molecule has 1 aliphatic rings. The fraction of sp³-hybridized carbons (Fsp3) is 0.750. The number of nitrogens with two attached hydrogens (primary N) is 1. The van der Waals surface area contributed by atoms with Crippen LogP contribution in [0, 0.1) is 5.92 Å². The molecular weight excluding hydrogens is 262 g/mol. The van der Waals surface area contributed by atoms with E-state index in [1.54, 1.807) is 0 Å². The van der Waals surface area contributed by atoms with Crippen LogP contribution in [0.4, 0.5) is 11.6 Å². The Kier molecular flexibility index (Phi) is 5.39. The Morgan fingerprint density at radius 2 is 1.86 bits per heavy atom. The van der Waals surface area contributed by atoms with Crippen LogP contribution in [0.2, 0.25) is 0 Å². The van der Waals surface area contributed by atoms with Gasteiger partial charge in [0.1, 0.15) is 17.5 Å². The summed E-state index contributed by atoms with van der Waals surface area (Å²) in [6.45, 7) is 7.27. The average Bonchev–Trinajstić information content (AvgIpc) is 2.95. The largest absolute Gasteiger partial charge is 0.370 e. The fourth-order valence-corrected chi connectivity index (χ4v) is 2.85. The molecule has 0 aliphatic heterocycles. The predicted octanol–water partition coefficient (Wildman–Crippen LogP) is 3.44. The van der Waals surface area contributed by atoms with E-state index >= 15 is 0 Å². The van der Waals surface area contributed by atoms with Crippen molar-refractivity contribution in [3.63, 3.8) is 0 Å². The maximum atomic E-state index is 5.50. The molecule has 0 aromatic carbocycles. The first-order chi connectivity index (χ1) is 9.99. The molecule has 0 saturated heterocycles. The van der Waals surface area contributed by atoms with Gasteiger partial charge in [-0.3, -0.25) is 0 Å². The number of nitrogen functional groups attached to an aromatic ring is 1. The SMILES string of the molecule is CC(C)(C)c1nc(NN)cc(NCCCC2CCCC2)n1. The molecular formula is C16H29N5. The van der Waals surface area contributed by atoms with Crippen molar-refractivity contribution in [3.8, 4) is 0 Å². The molecule has 0 unspecified atom stereocenters. The van der Waals surface area contributed by atoms with Crippen molar-refractivity contribution in [1.82, 2.24) is 9.97 Å². The number of hydrazine groups is 1. The monoisotopic (exact) mass is 291 g/mol. The number of anilines is 2. The van der Waals surface area contributed by atoms with Crippen LogP contribution in [0.1, 0.15) is 65.1 Å². The third-order valence-electron chi connectivity index (χ3n) is 4.11. The lowest BCUT2D eigenvalue weighted by Crippen LogP contribution is -2.20. The van der Waals surface area contributed by atoms with E-state index in [1.165, 1.54) is 38.5 Å². The average molecular weight is 291 g/mol. The van der Waals surface area contributed by atoms with Gasteiger partial charge in [-0.1, -0.05) is 46.5 Å². The molecule has 0 atom stereocenters. The molecule has 1 fully saturated rings. The van der Waals surface area contributed by atoms with E-state index in [1.807, 2.05) is 6.07 Å². The highest BCUT2D eigenvalue weighted by Crippen LogP contribution is 2.28. The van der Waals surface area contributed by atoms with Gasteiger partial charge in [0.25, 0.3) is 0 Å². The van der Waals surface area contributed by atoms with Gasteiger partial charge in [0.05, 0.1) is 0 Å². The second-order valence-corrected chi connectivity index (χ2v) is 7.08. The lowest BCUT2D eigenvalue weighted by Gasteiger charge is -2.19. The molecule has 1 aliphatic carbocycles. The molecule has 1 heterocycles. The second kappa shape index (κ2) is 7.07. The molecule has 2 rings (SSSR count). The summed E-state index contributed by atoms with van der Waals surface area (Å²) in [5.41, 5.74) is 2.53. The van der Waals surface area contributed by atoms with Crippen molar-refractivity contribution in [2.45, 2.75) is 64.7 Å². The normalized spacial score (nSPS) is 16.2. The number of nitrogens with one attached hydrogen (secondary N) is 2. The Labute approximate surface area is 128 Å². The van der Waals surface area contributed by atoms with Gasteiger partial charge in [0.2, 0.25) is 0 Å². The molecule has 5 nitrogen and oxygen atoms in total. The van der Waals surface area contributed by atoms with Gasteiger partial charge in [-0.2, -0.15) is 0 Å². The van der Waals surface area contributed by atoms with Gasteiger partial charge in [0, 0.05) is 18.0 Å². The quantitative estimate of drug-likeness (QED) is 0.425. The van der Waals surface area contributed by atoms with Gasteiger partial charge in [-0.05, 0) is 18.8 Å². The van der Waals surface area contributed by atoms with Crippen LogP contribution in [0.5, 0.6) is 0 Å². The summed E-state index contributed by atoms with van der Waals surface area (Å²) in [4.78, 5) is 9.03. The zero-order chi connectivity index (χ0) is 15.3. The number of hydrogen-bond acceptors (Lipinski definition) is 5. The van der Waals surface area contributed by atoms with Gasteiger partial charge in [-0.25, -0.2) is 15.8 Å². The minimum Gasteiger partial charge on any atom is -0.370 e. The first-order valence-corrected chi connectivity index (χ1v) is 8.09. The molecule has 1 aromatic rings. The van der Waals surface area contributed by atoms with E-state index in [2.05, 4.69) is 41.5 Å². The smallest absolute Gasteiger partial charge is 0.145 e. The molecule has 0 amide bonds. The Morgan fingerprint density at radius 1 is 1.19 bits per heavy atom. The Hall–Kier alpha value is -1.36. The Balaban J connectivity index is 1.89. The summed E-state index contributed by atoms with van der Waals surface area (Å²) < 4.78 is 0. The molecule has 21 heavy (non-hydrogen) atoms. The van der Waals surface area contributed by atoms with Gasteiger partial charge in [-0.15, -0.1) is 0 Å². The zero-order valence-electron chi connectivity index (χ0n) is 13.6. The van der Waals surface area contributed by atoms with Crippen LogP contribution in [0.3, 0.4) is 0 Å². The van der Waals surface area contributed by atoms with Crippen molar-refractivity contribution in [3.05, 3.63) is 11.9 Å². The third-order valence-corrected chi connectivity index (χ3v) is 4.11. The van der Waals surface area contributed by atoms with Crippen LogP contribution in [0.15, 0.2) is 6.07 Å². The first kappa shape index (κ1) is 16.0. The Morgan fingerprint density at radius 3 is 2.48 bits per heavy atom. The minimum atomic E-state index is -0.0901. The first-order valence-electron chi connectivity index (χ1n) is 8.09. The number of hydrogen-bond donors (Lipinski definition) is 3. The summed E-state index contributed by atoms with van der Waals surface area (Å²) >= 11 is 0. The summed E-state index contributed by atoms with van der Waals surface area (Å²) in [5.74, 6) is 8.77. The molecule has 1 aromatic heterocycles. The van der Waals surface area contributed by atoms with Crippen LogP contribution in [-0.2, 0) is 5.41 Å². The predicted molar refractivity (Wildman–Crippen MR) is 88.2 cm³/mol. The molecule has 5 heteroatoms. The Bertz CT molecular complexity index is 446. The summed E-state index contributed by atoms with van der Waals surface area (Å²) in [5, 5.41) is 3.41. The van der Waals surface area contributed by atoms with Crippen molar-refractivity contribution < 1.29 is 0 Å². The van der Waals surface area contributed by atoms with Crippen LogP contribution in [-0.4, -0.2) is 16.5 Å². The van der Waals surface area contributed by atoms with Crippen LogP contribution < -0.4 is 16.6 Å². The van der Waals surface area contributed by atoms with Crippen molar-refractivity contribution in [2.75, 3.05) is 17.3 Å². The molecule has 118 valence electrons. The lowest BCUT2D eigenvalue weighted by atomic mass is 9.96. The molecule has 4 N–H and O–H groups in total. The maximum Gasteiger partial charge on any atom is 0.145 e. The maximum absolute atomic E-state index is 5.50. The summed E-state index contributed by atoms with van der Waals surface area (Å²) in [7, 11) is 0. The highest BCUT2D eigenvalue weighted by molar-refractivity contribution is 5.47. The topological polar surface area (TPSA) is 75.9 Å². The van der Waals surface area contributed by atoms with E-state index in [4.69, 9.17) is 5.84 Å². The van der Waals surface area contributed by atoms with Gasteiger partial charge < -0.3 is 10.7 Å². The minimum absolute atomic E-state index is 0.0901. The van der Waals surface area contributed by atoms with Crippen molar-refractivity contribution in [2.24, 2.45) is 11.8 Å². The van der Waals surface area contributed by atoms with E-state index < -0.39 is 0 Å². The summed E-state index contributed by atoms with van der Waals surface area (Å²) in [6, 6.07) is 1.87. The lowest BCUT2D eigenvalue weighted by molar-refractivity contribution is 0.491. The van der Waals surface area contributed by atoms with E-state index in [-0.39, 0.29) is 5.41 Å². The van der Waals surface area contributed by atoms with Crippen LogP contribution >= 0.6 is 0 Å². The molecule has 1 saturated carbocycles. The molecule has 0 bridgehead atoms. The zero-order valence-corrected chi connectivity index (χ0v) is 13.6. The summed E-state index contributed by atoms with van der Waals surface area (Å²) in [6.07, 6.45) is 8.21. The van der Waals surface area contributed by atoms with Gasteiger partial charge in [0.15, 0.2) is 0 Å².